The molecule has 0 aromatic carbocycles. The SMILES string of the molecule is COc1ncc(-c2cc(N3CCC4(CC4)C(F)(F)C3)c3nccn3n2)c(OC)n1. The Morgan fingerprint density at radius 2 is 1.93 bits per heavy atom. The van der Waals surface area contributed by atoms with Gasteiger partial charge in [0.25, 0.3) is 5.92 Å². The van der Waals surface area contributed by atoms with Gasteiger partial charge >= 0.3 is 6.01 Å². The molecule has 0 atom stereocenters. The summed E-state index contributed by atoms with van der Waals surface area (Å²) in [4.78, 5) is 14.4. The molecule has 0 unspecified atom stereocenters. The van der Waals surface area contributed by atoms with Gasteiger partial charge in [-0.15, -0.1) is 0 Å². The lowest BCUT2D eigenvalue weighted by Crippen LogP contribution is -2.50. The number of aromatic nitrogens is 5. The zero-order valence-corrected chi connectivity index (χ0v) is 16.1. The molecule has 152 valence electrons. The number of nitrogens with zero attached hydrogens (tertiary/aromatic N) is 6. The van der Waals surface area contributed by atoms with Crippen LogP contribution in [0.4, 0.5) is 14.5 Å². The Kier molecular flexibility index (Phi) is 3.87. The van der Waals surface area contributed by atoms with E-state index in [1.807, 2.05) is 0 Å². The van der Waals surface area contributed by atoms with E-state index in [1.54, 1.807) is 34.1 Å². The standard InChI is InChI=1S/C19H20F2N6O2/c1-28-16-12(10-23-17(24-16)29-2)13-9-14(15-22-6-8-27(15)25-13)26-7-5-18(3-4-18)19(20,21)11-26/h6,8-10H,3-5,7,11H2,1-2H3. The van der Waals surface area contributed by atoms with Gasteiger partial charge in [-0.1, -0.05) is 0 Å². The Hall–Kier alpha value is -3.04. The molecule has 8 nitrogen and oxygen atoms in total. The van der Waals surface area contributed by atoms with E-state index in [-0.39, 0.29) is 18.4 Å². The zero-order chi connectivity index (χ0) is 20.2. The van der Waals surface area contributed by atoms with E-state index >= 15 is 0 Å². The number of rotatable bonds is 4. The van der Waals surface area contributed by atoms with Gasteiger partial charge in [-0.05, 0) is 25.3 Å². The summed E-state index contributed by atoms with van der Waals surface area (Å²) < 4.78 is 41.6. The number of methoxy groups -OCH3 is 2. The summed E-state index contributed by atoms with van der Waals surface area (Å²) in [7, 11) is 2.95. The predicted octanol–water partition coefficient (Wildman–Crippen LogP) is 2.83. The third-order valence-corrected chi connectivity index (χ3v) is 5.94. The molecule has 2 aliphatic rings. The lowest BCUT2D eigenvalue weighted by atomic mass is 9.89. The van der Waals surface area contributed by atoms with Crippen molar-refractivity contribution in [3.05, 3.63) is 24.7 Å². The van der Waals surface area contributed by atoms with Crippen LogP contribution in [0.1, 0.15) is 19.3 Å². The van der Waals surface area contributed by atoms with E-state index in [0.29, 0.717) is 48.4 Å². The van der Waals surface area contributed by atoms with E-state index in [0.717, 1.165) is 0 Å². The topological polar surface area (TPSA) is 77.7 Å². The van der Waals surface area contributed by atoms with Crippen molar-refractivity contribution in [2.24, 2.45) is 5.41 Å². The van der Waals surface area contributed by atoms with Crippen LogP contribution in [0.5, 0.6) is 11.9 Å². The molecule has 29 heavy (non-hydrogen) atoms. The van der Waals surface area contributed by atoms with Crippen molar-refractivity contribution in [2.45, 2.75) is 25.2 Å². The summed E-state index contributed by atoms with van der Waals surface area (Å²) in [5, 5.41) is 4.54. The van der Waals surface area contributed by atoms with Crippen LogP contribution >= 0.6 is 0 Å². The highest BCUT2D eigenvalue weighted by atomic mass is 19.3. The number of hydrogen-bond donors (Lipinski definition) is 0. The third kappa shape index (κ3) is 2.77. The van der Waals surface area contributed by atoms with Crippen LogP contribution < -0.4 is 14.4 Å². The second-order valence-corrected chi connectivity index (χ2v) is 7.55. The summed E-state index contributed by atoms with van der Waals surface area (Å²) in [6.07, 6.45) is 6.51. The molecule has 1 aliphatic heterocycles. The van der Waals surface area contributed by atoms with Crippen LogP contribution in [-0.4, -0.2) is 57.8 Å². The van der Waals surface area contributed by atoms with Crippen molar-refractivity contribution >= 4 is 11.3 Å². The average molecular weight is 402 g/mol. The minimum atomic E-state index is -2.72. The molecule has 2 fully saturated rings. The van der Waals surface area contributed by atoms with Gasteiger partial charge < -0.3 is 14.4 Å². The summed E-state index contributed by atoms with van der Waals surface area (Å²) >= 11 is 0. The van der Waals surface area contributed by atoms with Crippen LogP contribution in [-0.2, 0) is 0 Å². The van der Waals surface area contributed by atoms with Gasteiger partial charge in [-0.2, -0.15) is 10.1 Å². The fourth-order valence-corrected chi connectivity index (χ4v) is 4.04. The Morgan fingerprint density at radius 1 is 1.10 bits per heavy atom. The highest BCUT2D eigenvalue weighted by molar-refractivity contribution is 5.76. The maximum atomic E-state index is 14.8. The quantitative estimate of drug-likeness (QED) is 0.664. The molecule has 10 heteroatoms. The van der Waals surface area contributed by atoms with E-state index in [2.05, 4.69) is 20.1 Å². The minimum absolute atomic E-state index is 0.167. The first-order valence-corrected chi connectivity index (χ1v) is 9.39. The summed E-state index contributed by atoms with van der Waals surface area (Å²) in [5.74, 6) is -2.44. The van der Waals surface area contributed by atoms with E-state index in [4.69, 9.17) is 9.47 Å². The molecule has 3 aromatic heterocycles. The number of imidazole rings is 1. The lowest BCUT2D eigenvalue weighted by Gasteiger charge is -2.40. The summed E-state index contributed by atoms with van der Waals surface area (Å²) in [5.41, 5.74) is 1.36. The molecule has 4 heterocycles. The number of anilines is 1. The fraction of sp³-hybridized carbons (Fsp3) is 0.474. The molecule has 0 amide bonds. The van der Waals surface area contributed by atoms with Crippen LogP contribution in [0, 0.1) is 5.41 Å². The molecule has 0 N–H and O–H groups in total. The average Bonchev–Trinajstić information content (AvgIpc) is 3.37. The number of piperidine rings is 1. The molecule has 5 rings (SSSR count). The van der Waals surface area contributed by atoms with Gasteiger partial charge in [0.05, 0.1) is 32.0 Å². The van der Waals surface area contributed by atoms with Gasteiger partial charge in [0.15, 0.2) is 5.65 Å². The number of fused-ring (bicyclic) bond motifs is 1. The highest BCUT2D eigenvalue weighted by Gasteiger charge is 2.63. The molecule has 0 bridgehead atoms. The first kappa shape index (κ1) is 18.0. The number of halogens is 2. The number of ether oxygens (including phenoxy) is 2. The van der Waals surface area contributed by atoms with Crippen LogP contribution in [0.3, 0.4) is 0 Å². The maximum Gasteiger partial charge on any atom is 0.319 e. The maximum absolute atomic E-state index is 14.8. The Labute approximate surface area is 165 Å². The molecular formula is C19H20F2N6O2. The number of hydrogen-bond acceptors (Lipinski definition) is 7. The van der Waals surface area contributed by atoms with Gasteiger partial charge in [0, 0.05) is 30.6 Å². The molecule has 1 aliphatic carbocycles. The van der Waals surface area contributed by atoms with E-state index in [1.165, 1.54) is 14.2 Å². The molecule has 0 radical (unpaired) electrons. The van der Waals surface area contributed by atoms with Crippen molar-refractivity contribution in [1.29, 1.82) is 0 Å². The van der Waals surface area contributed by atoms with Crippen LogP contribution in [0.25, 0.3) is 16.9 Å². The van der Waals surface area contributed by atoms with Crippen molar-refractivity contribution < 1.29 is 18.3 Å². The lowest BCUT2D eigenvalue weighted by molar-refractivity contribution is -0.0793. The predicted molar refractivity (Wildman–Crippen MR) is 101 cm³/mol. The Balaban J connectivity index is 1.60. The van der Waals surface area contributed by atoms with Crippen LogP contribution in [0.2, 0.25) is 0 Å². The molecule has 1 spiro atoms. The van der Waals surface area contributed by atoms with Crippen molar-refractivity contribution in [3.63, 3.8) is 0 Å². The normalized spacial score (nSPS) is 19.5. The Bertz CT molecular complexity index is 1080. The van der Waals surface area contributed by atoms with Gasteiger partial charge in [0.1, 0.15) is 5.69 Å². The van der Waals surface area contributed by atoms with Crippen LogP contribution in [0.15, 0.2) is 24.7 Å². The van der Waals surface area contributed by atoms with Gasteiger partial charge in [0.2, 0.25) is 5.88 Å². The summed E-state index contributed by atoms with van der Waals surface area (Å²) in [6, 6.07) is 1.91. The molecular weight excluding hydrogens is 382 g/mol. The van der Waals surface area contributed by atoms with Crippen molar-refractivity contribution in [1.82, 2.24) is 24.6 Å². The first-order valence-electron chi connectivity index (χ1n) is 9.39. The molecule has 1 saturated heterocycles. The van der Waals surface area contributed by atoms with E-state index in [9.17, 15) is 8.78 Å². The monoisotopic (exact) mass is 402 g/mol. The van der Waals surface area contributed by atoms with Gasteiger partial charge in [-0.25, -0.2) is 23.3 Å². The fourth-order valence-electron chi connectivity index (χ4n) is 4.04. The Morgan fingerprint density at radius 3 is 2.62 bits per heavy atom. The van der Waals surface area contributed by atoms with Crippen molar-refractivity contribution in [2.75, 3.05) is 32.2 Å². The zero-order valence-electron chi connectivity index (χ0n) is 16.1. The molecule has 3 aromatic rings. The van der Waals surface area contributed by atoms with Gasteiger partial charge in [-0.3, -0.25) is 0 Å². The second kappa shape index (κ2) is 6.23. The minimum Gasteiger partial charge on any atom is -0.480 e. The highest BCUT2D eigenvalue weighted by Crippen LogP contribution is 2.61. The summed E-state index contributed by atoms with van der Waals surface area (Å²) in [6.45, 7) is 0.229. The van der Waals surface area contributed by atoms with E-state index < -0.39 is 11.3 Å². The molecule has 1 saturated carbocycles. The number of alkyl halides is 2. The smallest absolute Gasteiger partial charge is 0.319 e. The second-order valence-electron chi connectivity index (χ2n) is 7.55. The largest absolute Gasteiger partial charge is 0.480 e. The first-order chi connectivity index (χ1) is 14.0. The third-order valence-electron chi connectivity index (χ3n) is 5.94. The van der Waals surface area contributed by atoms with Crippen molar-refractivity contribution in [3.8, 4) is 23.1 Å².